The van der Waals surface area contributed by atoms with Gasteiger partial charge in [-0.15, -0.1) is 0 Å². The first-order valence-electron chi connectivity index (χ1n) is 8.67. The Balaban J connectivity index is 2.42. The summed E-state index contributed by atoms with van der Waals surface area (Å²) < 4.78 is 11.1. The van der Waals surface area contributed by atoms with Crippen molar-refractivity contribution in [2.75, 3.05) is 46.0 Å². The number of hydrogen-bond acceptors (Lipinski definition) is 5. The summed E-state index contributed by atoms with van der Waals surface area (Å²) in [6, 6.07) is 5.95. The van der Waals surface area contributed by atoms with Crippen molar-refractivity contribution in [1.29, 1.82) is 0 Å². The fourth-order valence-electron chi connectivity index (χ4n) is 2.41. The first-order chi connectivity index (χ1) is 11.2. The molecule has 0 radical (unpaired) electrons. The minimum atomic E-state index is 0.00140. The lowest BCUT2D eigenvalue weighted by molar-refractivity contribution is 0.194. The second-order valence-corrected chi connectivity index (χ2v) is 5.34. The molecule has 0 spiro atoms. The van der Waals surface area contributed by atoms with E-state index < -0.39 is 0 Å². The zero-order valence-electron chi connectivity index (χ0n) is 14.8. The van der Waals surface area contributed by atoms with Crippen molar-refractivity contribution < 1.29 is 14.6 Å². The van der Waals surface area contributed by atoms with Crippen LogP contribution in [0.2, 0.25) is 0 Å². The third-order valence-corrected chi connectivity index (χ3v) is 3.71. The smallest absolute Gasteiger partial charge is 0.161 e. The van der Waals surface area contributed by atoms with E-state index in [0.717, 1.165) is 44.9 Å². The maximum Gasteiger partial charge on any atom is 0.161 e. The molecular formula is C18H32N2O3. The van der Waals surface area contributed by atoms with E-state index in [1.54, 1.807) is 0 Å². The van der Waals surface area contributed by atoms with E-state index in [1.165, 1.54) is 5.56 Å². The predicted octanol–water partition coefficient (Wildman–Crippen LogP) is 2.28. The third-order valence-electron chi connectivity index (χ3n) is 3.71. The molecule has 2 N–H and O–H groups in total. The first-order valence-corrected chi connectivity index (χ1v) is 8.67. The Bertz CT molecular complexity index is 423. The molecule has 0 aliphatic heterocycles. The van der Waals surface area contributed by atoms with Gasteiger partial charge in [-0.25, -0.2) is 0 Å². The summed E-state index contributed by atoms with van der Waals surface area (Å²) >= 11 is 0. The molecule has 0 atom stereocenters. The standard InChI is InChI=1S/C18H32N2O3/c1-4-20(5-2)11-7-10-19-15-16-8-9-17(23-13-12-21)18(14-16)22-6-3/h8-9,14,19,21H,4-7,10-13,15H2,1-3H3. The monoisotopic (exact) mass is 324 g/mol. The Hall–Kier alpha value is -1.30. The van der Waals surface area contributed by atoms with E-state index in [2.05, 4.69) is 24.1 Å². The van der Waals surface area contributed by atoms with E-state index in [9.17, 15) is 0 Å². The average molecular weight is 324 g/mol. The van der Waals surface area contributed by atoms with Crippen molar-refractivity contribution >= 4 is 0 Å². The van der Waals surface area contributed by atoms with Crippen LogP contribution in [-0.2, 0) is 6.54 Å². The van der Waals surface area contributed by atoms with Crippen molar-refractivity contribution in [3.8, 4) is 11.5 Å². The highest BCUT2D eigenvalue weighted by Crippen LogP contribution is 2.28. The normalized spacial score (nSPS) is 11.0. The Labute approximate surface area is 140 Å². The largest absolute Gasteiger partial charge is 0.490 e. The topological polar surface area (TPSA) is 54.0 Å². The van der Waals surface area contributed by atoms with Gasteiger partial charge < -0.3 is 24.8 Å². The van der Waals surface area contributed by atoms with Crippen LogP contribution < -0.4 is 14.8 Å². The maximum atomic E-state index is 8.87. The van der Waals surface area contributed by atoms with Gasteiger partial charge in [0.1, 0.15) is 6.61 Å². The quantitative estimate of drug-likeness (QED) is 0.545. The van der Waals surface area contributed by atoms with Crippen molar-refractivity contribution in [3.63, 3.8) is 0 Å². The van der Waals surface area contributed by atoms with E-state index >= 15 is 0 Å². The number of nitrogens with one attached hydrogen (secondary N) is 1. The number of hydrogen-bond donors (Lipinski definition) is 2. The number of nitrogens with zero attached hydrogens (tertiary/aromatic N) is 1. The summed E-state index contributed by atoms with van der Waals surface area (Å²) in [5, 5.41) is 12.3. The fraction of sp³-hybridized carbons (Fsp3) is 0.667. The highest BCUT2D eigenvalue weighted by atomic mass is 16.5. The van der Waals surface area contributed by atoms with Gasteiger partial charge in [0.05, 0.1) is 13.2 Å². The van der Waals surface area contributed by atoms with Gasteiger partial charge in [-0.3, -0.25) is 0 Å². The SMILES string of the molecule is CCOc1cc(CNCCCN(CC)CC)ccc1OCCO. The van der Waals surface area contributed by atoms with Gasteiger partial charge in [-0.2, -0.15) is 0 Å². The molecule has 0 aromatic heterocycles. The maximum absolute atomic E-state index is 8.87. The average Bonchev–Trinajstić information content (AvgIpc) is 2.57. The Kier molecular flexibility index (Phi) is 10.4. The third kappa shape index (κ3) is 7.68. The molecule has 1 rings (SSSR count). The van der Waals surface area contributed by atoms with Crippen LogP contribution in [0.1, 0.15) is 32.8 Å². The van der Waals surface area contributed by atoms with Gasteiger partial charge in [0, 0.05) is 6.54 Å². The van der Waals surface area contributed by atoms with Crippen LogP contribution in [-0.4, -0.2) is 56.0 Å². The summed E-state index contributed by atoms with van der Waals surface area (Å²) in [4.78, 5) is 2.43. The number of rotatable bonds is 13. The fourth-order valence-corrected chi connectivity index (χ4v) is 2.41. The molecule has 0 saturated heterocycles. The lowest BCUT2D eigenvalue weighted by atomic mass is 10.2. The summed E-state index contributed by atoms with van der Waals surface area (Å²) in [6.45, 7) is 12.4. The highest BCUT2D eigenvalue weighted by Gasteiger charge is 2.06. The lowest BCUT2D eigenvalue weighted by Gasteiger charge is -2.17. The summed E-state index contributed by atoms with van der Waals surface area (Å²) in [6.07, 6.45) is 1.15. The molecule has 1 aromatic carbocycles. The van der Waals surface area contributed by atoms with Gasteiger partial charge in [0.2, 0.25) is 0 Å². The van der Waals surface area contributed by atoms with Crippen molar-refractivity contribution in [1.82, 2.24) is 10.2 Å². The van der Waals surface area contributed by atoms with Gasteiger partial charge in [0.25, 0.3) is 0 Å². The number of ether oxygens (including phenoxy) is 2. The molecule has 0 unspecified atom stereocenters. The number of aliphatic hydroxyl groups is 1. The molecular weight excluding hydrogens is 292 g/mol. The molecule has 0 amide bonds. The van der Waals surface area contributed by atoms with Crippen molar-refractivity contribution in [2.45, 2.75) is 33.7 Å². The molecule has 0 bridgehead atoms. The summed E-state index contributed by atoms with van der Waals surface area (Å²) in [5.41, 5.74) is 1.17. The van der Waals surface area contributed by atoms with Gasteiger partial charge >= 0.3 is 0 Å². The second-order valence-electron chi connectivity index (χ2n) is 5.34. The lowest BCUT2D eigenvalue weighted by Crippen LogP contribution is -2.27. The van der Waals surface area contributed by atoms with Gasteiger partial charge in [-0.05, 0) is 57.2 Å². The van der Waals surface area contributed by atoms with Crippen LogP contribution in [0.25, 0.3) is 0 Å². The highest BCUT2D eigenvalue weighted by molar-refractivity contribution is 5.43. The molecule has 0 fully saturated rings. The van der Waals surface area contributed by atoms with Gasteiger partial charge in [0.15, 0.2) is 11.5 Å². The van der Waals surface area contributed by atoms with E-state index in [4.69, 9.17) is 14.6 Å². The van der Waals surface area contributed by atoms with E-state index in [-0.39, 0.29) is 13.2 Å². The molecule has 0 aliphatic rings. The van der Waals surface area contributed by atoms with Crippen LogP contribution in [0.5, 0.6) is 11.5 Å². The molecule has 1 aromatic rings. The Morgan fingerprint density at radius 1 is 1.09 bits per heavy atom. The van der Waals surface area contributed by atoms with E-state index in [1.807, 2.05) is 25.1 Å². The van der Waals surface area contributed by atoms with Crippen LogP contribution in [0.3, 0.4) is 0 Å². The summed E-state index contributed by atoms with van der Waals surface area (Å²) in [5.74, 6) is 1.43. The van der Waals surface area contributed by atoms with Crippen LogP contribution in [0.15, 0.2) is 18.2 Å². The van der Waals surface area contributed by atoms with Gasteiger partial charge in [-0.1, -0.05) is 19.9 Å². The Morgan fingerprint density at radius 3 is 2.52 bits per heavy atom. The molecule has 0 aliphatic carbocycles. The zero-order valence-corrected chi connectivity index (χ0v) is 14.8. The van der Waals surface area contributed by atoms with Crippen molar-refractivity contribution in [2.24, 2.45) is 0 Å². The summed E-state index contributed by atoms with van der Waals surface area (Å²) in [7, 11) is 0. The minimum Gasteiger partial charge on any atom is -0.490 e. The van der Waals surface area contributed by atoms with Crippen molar-refractivity contribution in [3.05, 3.63) is 23.8 Å². The number of benzene rings is 1. The molecule has 0 saturated carbocycles. The molecule has 132 valence electrons. The van der Waals surface area contributed by atoms with E-state index in [0.29, 0.717) is 12.4 Å². The van der Waals surface area contributed by atoms with Crippen LogP contribution in [0.4, 0.5) is 0 Å². The molecule has 23 heavy (non-hydrogen) atoms. The molecule has 5 nitrogen and oxygen atoms in total. The zero-order chi connectivity index (χ0) is 16.9. The number of aliphatic hydroxyl groups excluding tert-OH is 1. The minimum absolute atomic E-state index is 0.00140. The molecule has 0 heterocycles. The molecule has 5 heteroatoms. The van der Waals surface area contributed by atoms with Crippen LogP contribution in [0, 0.1) is 0 Å². The predicted molar refractivity (Wildman–Crippen MR) is 94.3 cm³/mol. The van der Waals surface area contributed by atoms with Crippen LogP contribution >= 0.6 is 0 Å². The first kappa shape index (κ1) is 19.7. The second kappa shape index (κ2) is 12.2. The Morgan fingerprint density at radius 2 is 1.87 bits per heavy atom.